The minimum absolute atomic E-state index is 0.0452. The number of hydrogen-bond acceptors (Lipinski definition) is 4. The highest BCUT2D eigenvalue weighted by Crippen LogP contribution is 2.28. The van der Waals surface area contributed by atoms with Crippen molar-refractivity contribution in [2.75, 3.05) is 18.4 Å². The van der Waals surface area contributed by atoms with Crippen molar-refractivity contribution in [3.05, 3.63) is 23.2 Å². The number of halogens is 1. The van der Waals surface area contributed by atoms with E-state index in [0.29, 0.717) is 22.5 Å². The first-order chi connectivity index (χ1) is 9.70. The Morgan fingerprint density at radius 3 is 3.25 bits per heavy atom. The van der Waals surface area contributed by atoms with Gasteiger partial charge in [0.05, 0.1) is 10.2 Å². The number of rotatable bonds is 3. The van der Waals surface area contributed by atoms with Crippen LogP contribution in [0.25, 0.3) is 10.2 Å². The Morgan fingerprint density at radius 2 is 2.45 bits per heavy atom. The Hall–Kier alpha value is -1.17. The molecule has 0 spiro atoms. The third-order valence-electron chi connectivity index (χ3n) is 3.47. The summed E-state index contributed by atoms with van der Waals surface area (Å²) in [6.45, 7) is 2.00. The van der Waals surface area contributed by atoms with Crippen LogP contribution >= 0.6 is 22.9 Å². The SMILES string of the molecule is O=C(CC1CCCNC1)Nc1nc2ccc(Cl)cc2s1. The monoisotopic (exact) mass is 309 g/mol. The lowest BCUT2D eigenvalue weighted by molar-refractivity contribution is -0.117. The number of fused-ring (bicyclic) bond motifs is 1. The van der Waals surface area contributed by atoms with Gasteiger partial charge in [0.25, 0.3) is 0 Å². The first-order valence-corrected chi connectivity index (χ1v) is 7.97. The van der Waals surface area contributed by atoms with Crippen molar-refractivity contribution in [2.24, 2.45) is 5.92 Å². The highest BCUT2D eigenvalue weighted by molar-refractivity contribution is 7.22. The molecule has 106 valence electrons. The van der Waals surface area contributed by atoms with Gasteiger partial charge in [-0.3, -0.25) is 4.79 Å². The molecule has 1 atom stereocenters. The van der Waals surface area contributed by atoms with Crippen molar-refractivity contribution < 1.29 is 4.79 Å². The van der Waals surface area contributed by atoms with Gasteiger partial charge in [-0.15, -0.1) is 0 Å². The Morgan fingerprint density at radius 1 is 1.55 bits per heavy atom. The molecule has 4 nitrogen and oxygen atoms in total. The summed E-state index contributed by atoms with van der Waals surface area (Å²) in [4.78, 5) is 16.4. The number of amides is 1. The van der Waals surface area contributed by atoms with E-state index in [4.69, 9.17) is 11.6 Å². The van der Waals surface area contributed by atoms with Crippen LogP contribution in [-0.2, 0) is 4.79 Å². The molecular formula is C14H16ClN3OS. The highest BCUT2D eigenvalue weighted by Gasteiger charge is 2.17. The van der Waals surface area contributed by atoms with Crippen molar-refractivity contribution in [3.63, 3.8) is 0 Å². The van der Waals surface area contributed by atoms with Gasteiger partial charge in [0.2, 0.25) is 5.91 Å². The molecule has 1 aromatic carbocycles. The van der Waals surface area contributed by atoms with E-state index in [1.807, 2.05) is 18.2 Å². The molecule has 20 heavy (non-hydrogen) atoms. The van der Waals surface area contributed by atoms with Crippen LogP contribution in [0.1, 0.15) is 19.3 Å². The fourth-order valence-corrected chi connectivity index (χ4v) is 3.64. The lowest BCUT2D eigenvalue weighted by atomic mass is 9.96. The van der Waals surface area contributed by atoms with Crippen LogP contribution in [0.3, 0.4) is 0 Å². The molecule has 0 bridgehead atoms. The Balaban J connectivity index is 1.64. The van der Waals surface area contributed by atoms with E-state index in [1.165, 1.54) is 11.3 Å². The molecule has 1 amide bonds. The van der Waals surface area contributed by atoms with Crippen LogP contribution in [-0.4, -0.2) is 24.0 Å². The number of nitrogens with zero attached hydrogens (tertiary/aromatic N) is 1. The minimum atomic E-state index is 0.0452. The molecule has 1 fully saturated rings. The number of thiazole rings is 1. The second kappa shape index (κ2) is 6.08. The average Bonchev–Trinajstić information content (AvgIpc) is 2.80. The molecule has 0 saturated carbocycles. The summed E-state index contributed by atoms with van der Waals surface area (Å²) < 4.78 is 0.993. The first kappa shape index (κ1) is 13.8. The molecule has 2 N–H and O–H groups in total. The van der Waals surface area contributed by atoms with Crippen molar-refractivity contribution in [1.82, 2.24) is 10.3 Å². The van der Waals surface area contributed by atoms with E-state index >= 15 is 0 Å². The van der Waals surface area contributed by atoms with Gasteiger partial charge in [0, 0.05) is 11.4 Å². The van der Waals surface area contributed by atoms with E-state index in [9.17, 15) is 4.79 Å². The topological polar surface area (TPSA) is 54.0 Å². The number of aromatic nitrogens is 1. The van der Waals surface area contributed by atoms with Gasteiger partial charge in [-0.2, -0.15) is 0 Å². The van der Waals surface area contributed by atoms with Crippen LogP contribution in [0, 0.1) is 5.92 Å². The molecule has 1 aliphatic heterocycles. The van der Waals surface area contributed by atoms with Crippen LogP contribution in [0.15, 0.2) is 18.2 Å². The lowest BCUT2D eigenvalue weighted by Crippen LogP contribution is -2.32. The molecule has 3 rings (SSSR count). The van der Waals surface area contributed by atoms with Crippen molar-refractivity contribution in [1.29, 1.82) is 0 Å². The summed E-state index contributed by atoms with van der Waals surface area (Å²) in [5.41, 5.74) is 0.869. The Labute approximate surface area is 126 Å². The molecule has 6 heteroatoms. The second-order valence-corrected chi connectivity index (χ2v) is 6.56. The van der Waals surface area contributed by atoms with Gasteiger partial charge in [0.1, 0.15) is 0 Å². The maximum Gasteiger partial charge on any atom is 0.226 e. The standard InChI is InChI=1S/C14H16ClN3OS/c15-10-3-4-11-12(7-10)20-14(17-11)18-13(19)6-9-2-1-5-16-8-9/h3-4,7,9,16H,1-2,5-6,8H2,(H,17,18,19). The Bertz CT molecular complexity index is 622. The number of piperidine rings is 1. The lowest BCUT2D eigenvalue weighted by Gasteiger charge is -2.21. The molecule has 0 radical (unpaired) electrons. The smallest absolute Gasteiger partial charge is 0.226 e. The minimum Gasteiger partial charge on any atom is -0.316 e. The van der Waals surface area contributed by atoms with Gasteiger partial charge in [-0.05, 0) is 50.0 Å². The molecule has 2 aromatic rings. The zero-order valence-electron chi connectivity index (χ0n) is 11.0. The van der Waals surface area contributed by atoms with Crippen LogP contribution in [0.5, 0.6) is 0 Å². The van der Waals surface area contributed by atoms with E-state index in [1.54, 1.807) is 0 Å². The predicted molar refractivity (Wildman–Crippen MR) is 83.5 cm³/mol. The normalized spacial score (nSPS) is 19.1. The highest BCUT2D eigenvalue weighted by atomic mass is 35.5. The van der Waals surface area contributed by atoms with E-state index in [-0.39, 0.29) is 5.91 Å². The van der Waals surface area contributed by atoms with Crippen LogP contribution in [0.4, 0.5) is 5.13 Å². The summed E-state index contributed by atoms with van der Waals surface area (Å²) in [6.07, 6.45) is 2.83. The van der Waals surface area contributed by atoms with Crippen LogP contribution in [0.2, 0.25) is 5.02 Å². The quantitative estimate of drug-likeness (QED) is 0.915. The number of anilines is 1. The first-order valence-electron chi connectivity index (χ1n) is 6.77. The molecule has 1 unspecified atom stereocenters. The third kappa shape index (κ3) is 3.29. The maximum absolute atomic E-state index is 12.0. The largest absolute Gasteiger partial charge is 0.316 e. The van der Waals surface area contributed by atoms with Gasteiger partial charge < -0.3 is 10.6 Å². The van der Waals surface area contributed by atoms with Gasteiger partial charge in [-0.1, -0.05) is 22.9 Å². The summed E-state index contributed by atoms with van der Waals surface area (Å²) in [6, 6.07) is 5.55. The number of carbonyl (C=O) groups excluding carboxylic acids is 1. The summed E-state index contributed by atoms with van der Waals surface area (Å²) in [5, 5.41) is 7.56. The molecule has 1 aliphatic rings. The van der Waals surface area contributed by atoms with Crippen molar-refractivity contribution >= 4 is 44.2 Å². The maximum atomic E-state index is 12.0. The number of hydrogen-bond donors (Lipinski definition) is 2. The van der Waals surface area contributed by atoms with E-state index in [2.05, 4.69) is 15.6 Å². The zero-order valence-corrected chi connectivity index (χ0v) is 12.6. The fourth-order valence-electron chi connectivity index (χ4n) is 2.48. The number of carbonyl (C=O) groups is 1. The molecule has 0 aliphatic carbocycles. The average molecular weight is 310 g/mol. The van der Waals surface area contributed by atoms with E-state index < -0.39 is 0 Å². The van der Waals surface area contributed by atoms with Gasteiger partial charge >= 0.3 is 0 Å². The van der Waals surface area contributed by atoms with Crippen LogP contribution < -0.4 is 10.6 Å². The molecule has 2 heterocycles. The van der Waals surface area contributed by atoms with E-state index in [0.717, 1.165) is 36.1 Å². The number of nitrogens with one attached hydrogen (secondary N) is 2. The molecular weight excluding hydrogens is 294 g/mol. The van der Waals surface area contributed by atoms with Crippen molar-refractivity contribution in [2.45, 2.75) is 19.3 Å². The molecule has 1 aromatic heterocycles. The fraction of sp³-hybridized carbons (Fsp3) is 0.429. The predicted octanol–water partition coefficient (Wildman–Crippen LogP) is 3.28. The van der Waals surface area contributed by atoms with Crippen molar-refractivity contribution in [3.8, 4) is 0 Å². The third-order valence-corrected chi connectivity index (χ3v) is 4.64. The van der Waals surface area contributed by atoms with Gasteiger partial charge in [0.15, 0.2) is 5.13 Å². The molecule has 1 saturated heterocycles. The summed E-state index contributed by atoms with van der Waals surface area (Å²) in [5.74, 6) is 0.483. The Kier molecular flexibility index (Phi) is 4.19. The zero-order chi connectivity index (χ0) is 13.9. The summed E-state index contributed by atoms with van der Waals surface area (Å²) in [7, 11) is 0. The second-order valence-electron chi connectivity index (χ2n) is 5.10. The van der Waals surface area contributed by atoms with Gasteiger partial charge in [-0.25, -0.2) is 4.98 Å². The number of benzene rings is 1. The summed E-state index contributed by atoms with van der Waals surface area (Å²) >= 11 is 7.41.